The molecule has 1 amide bonds. The maximum Gasteiger partial charge on any atom is 0.414 e. The number of aryl methyl sites for hydroxylation is 1. The first-order valence-electron chi connectivity index (χ1n) is 10.8. The summed E-state index contributed by atoms with van der Waals surface area (Å²) in [4.78, 5) is 16.9. The number of ether oxygens (including phenoxy) is 1. The number of carbonyl (C=O) groups is 1. The lowest BCUT2D eigenvalue weighted by molar-refractivity contribution is -0.114. The summed E-state index contributed by atoms with van der Waals surface area (Å²) in [6, 6.07) is 9.34. The van der Waals surface area contributed by atoms with E-state index in [2.05, 4.69) is 20.5 Å². The molecule has 4 aromatic rings. The Kier molecular flexibility index (Phi) is 6.16. The average molecular weight is 530 g/mol. The van der Waals surface area contributed by atoms with Crippen LogP contribution in [0.15, 0.2) is 78.2 Å². The first-order chi connectivity index (χ1) is 17.6. The van der Waals surface area contributed by atoms with Gasteiger partial charge in [-0.1, -0.05) is 35.9 Å². The number of fused-ring (bicyclic) bond motifs is 1. The molecular weight excluding hydrogens is 514 g/mol. The van der Waals surface area contributed by atoms with Crippen LogP contribution in [-0.2, 0) is 4.79 Å². The van der Waals surface area contributed by atoms with E-state index in [-0.39, 0.29) is 23.0 Å². The van der Waals surface area contributed by atoms with E-state index in [4.69, 9.17) is 16.3 Å². The van der Waals surface area contributed by atoms with Crippen LogP contribution in [0.4, 0.5) is 23.2 Å². The van der Waals surface area contributed by atoms with Crippen LogP contribution >= 0.6 is 11.6 Å². The van der Waals surface area contributed by atoms with Crippen molar-refractivity contribution in [3.05, 3.63) is 100 Å². The van der Waals surface area contributed by atoms with Crippen molar-refractivity contribution in [2.75, 3.05) is 5.32 Å². The second-order valence-electron chi connectivity index (χ2n) is 8.09. The van der Waals surface area contributed by atoms with Crippen molar-refractivity contribution in [2.24, 2.45) is 0 Å². The number of aromatic nitrogens is 4. The molecule has 188 valence electrons. The zero-order valence-electron chi connectivity index (χ0n) is 18.9. The number of nitrogens with zero attached hydrogens (tertiary/aromatic N) is 4. The van der Waals surface area contributed by atoms with Crippen LogP contribution in [0.2, 0.25) is 5.02 Å². The number of anilines is 1. The SMILES string of the molecule is Cc1nnc2c(Oc3ccc(NC(=O)C4=C(C(F)(F)F)C(c5ccc(Cl)cc5)C=C4)cc3F)nccn12. The molecule has 1 atom stereocenters. The average Bonchev–Trinajstić information content (AvgIpc) is 3.46. The number of allylic oxidation sites excluding steroid dienone is 2. The number of amides is 1. The fourth-order valence-electron chi connectivity index (χ4n) is 3.98. The molecule has 0 saturated carbocycles. The van der Waals surface area contributed by atoms with Gasteiger partial charge in [-0.15, -0.1) is 10.2 Å². The van der Waals surface area contributed by atoms with Gasteiger partial charge in [0.25, 0.3) is 11.8 Å². The third kappa shape index (κ3) is 4.77. The number of rotatable bonds is 5. The monoisotopic (exact) mass is 529 g/mol. The van der Waals surface area contributed by atoms with Crippen molar-refractivity contribution in [2.45, 2.75) is 19.0 Å². The molecule has 0 spiro atoms. The van der Waals surface area contributed by atoms with E-state index in [1.807, 2.05) is 0 Å². The highest BCUT2D eigenvalue weighted by Crippen LogP contribution is 2.44. The number of halogens is 5. The summed E-state index contributed by atoms with van der Waals surface area (Å²) in [6.45, 7) is 1.72. The highest BCUT2D eigenvalue weighted by atomic mass is 35.5. The molecule has 1 aliphatic rings. The molecule has 12 heteroatoms. The zero-order valence-corrected chi connectivity index (χ0v) is 19.7. The quantitative estimate of drug-likeness (QED) is 0.313. The van der Waals surface area contributed by atoms with Gasteiger partial charge in [0, 0.05) is 40.7 Å². The standard InChI is InChI=1S/C25H16ClF4N5O2/c1-13-33-34-22-24(31-10-11-35(13)22)37-20-9-6-16(12-19(20)27)32-23(36)18-8-7-17(21(18)25(28,29)30)14-2-4-15(26)5-3-14/h2-12,17H,1H3,(H,32,36). The maximum absolute atomic E-state index is 14.8. The van der Waals surface area contributed by atoms with E-state index in [1.54, 1.807) is 17.5 Å². The predicted octanol–water partition coefficient (Wildman–Crippen LogP) is 6.17. The topological polar surface area (TPSA) is 81.4 Å². The fraction of sp³-hybridized carbons (Fsp3) is 0.120. The normalized spacial score (nSPS) is 15.5. The minimum absolute atomic E-state index is 0.00287. The van der Waals surface area contributed by atoms with Crippen molar-refractivity contribution < 1.29 is 27.1 Å². The molecule has 1 aliphatic carbocycles. The van der Waals surface area contributed by atoms with E-state index in [9.17, 15) is 22.4 Å². The van der Waals surface area contributed by atoms with Gasteiger partial charge in [-0.3, -0.25) is 9.20 Å². The van der Waals surface area contributed by atoms with Gasteiger partial charge in [-0.25, -0.2) is 9.37 Å². The third-order valence-electron chi connectivity index (χ3n) is 5.70. The number of carbonyl (C=O) groups excluding carboxylic acids is 1. The number of nitrogens with one attached hydrogen (secondary N) is 1. The molecule has 1 unspecified atom stereocenters. The Morgan fingerprint density at radius 3 is 2.59 bits per heavy atom. The molecule has 2 aromatic carbocycles. The first kappa shape index (κ1) is 24.4. The molecule has 2 heterocycles. The number of alkyl halides is 3. The fourth-order valence-corrected chi connectivity index (χ4v) is 4.10. The van der Waals surface area contributed by atoms with Gasteiger partial charge in [-0.05, 0) is 36.8 Å². The number of hydrogen-bond acceptors (Lipinski definition) is 5. The summed E-state index contributed by atoms with van der Waals surface area (Å²) in [5, 5.41) is 10.6. The van der Waals surface area contributed by atoms with Gasteiger partial charge in [-0.2, -0.15) is 13.2 Å². The van der Waals surface area contributed by atoms with Crippen molar-refractivity contribution in [1.29, 1.82) is 0 Å². The van der Waals surface area contributed by atoms with Crippen LogP contribution < -0.4 is 10.1 Å². The maximum atomic E-state index is 14.8. The van der Waals surface area contributed by atoms with Gasteiger partial charge >= 0.3 is 6.18 Å². The smallest absolute Gasteiger partial charge is 0.414 e. The summed E-state index contributed by atoms with van der Waals surface area (Å²) in [7, 11) is 0. The van der Waals surface area contributed by atoms with Crippen molar-refractivity contribution in [1.82, 2.24) is 19.6 Å². The summed E-state index contributed by atoms with van der Waals surface area (Å²) >= 11 is 5.84. The Bertz CT molecular complexity index is 1580. The van der Waals surface area contributed by atoms with Crippen molar-refractivity contribution in [3.8, 4) is 11.6 Å². The molecule has 0 aliphatic heterocycles. The molecule has 5 rings (SSSR count). The summed E-state index contributed by atoms with van der Waals surface area (Å²) in [6.07, 6.45) is 0.670. The lowest BCUT2D eigenvalue weighted by atomic mass is 9.92. The van der Waals surface area contributed by atoms with Crippen LogP contribution in [-0.4, -0.2) is 31.7 Å². The summed E-state index contributed by atoms with van der Waals surface area (Å²) in [5.41, 5.74) is -1.04. The molecule has 1 N–H and O–H groups in total. The highest BCUT2D eigenvalue weighted by molar-refractivity contribution is 6.30. The van der Waals surface area contributed by atoms with Crippen LogP contribution in [0.5, 0.6) is 11.6 Å². The second kappa shape index (κ2) is 9.32. The van der Waals surface area contributed by atoms with E-state index >= 15 is 0 Å². The predicted molar refractivity (Wildman–Crippen MR) is 127 cm³/mol. The van der Waals surface area contributed by atoms with E-state index in [0.717, 1.165) is 12.1 Å². The van der Waals surface area contributed by atoms with Crippen LogP contribution in [0.25, 0.3) is 5.65 Å². The lowest BCUT2D eigenvalue weighted by Gasteiger charge is -2.19. The number of hydrogen-bond donors (Lipinski definition) is 1. The van der Waals surface area contributed by atoms with Gasteiger partial charge in [0.2, 0.25) is 5.65 Å². The van der Waals surface area contributed by atoms with E-state index < -0.39 is 35.0 Å². The number of benzene rings is 2. The van der Waals surface area contributed by atoms with Gasteiger partial charge in [0.1, 0.15) is 5.82 Å². The molecule has 0 fully saturated rings. The van der Waals surface area contributed by atoms with Crippen LogP contribution in [0, 0.1) is 12.7 Å². The van der Waals surface area contributed by atoms with Gasteiger partial charge < -0.3 is 10.1 Å². The zero-order chi connectivity index (χ0) is 26.3. The van der Waals surface area contributed by atoms with Gasteiger partial charge in [0.05, 0.1) is 5.57 Å². The van der Waals surface area contributed by atoms with Crippen molar-refractivity contribution >= 4 is 28.8 Å². The Labute approximate surface area is 212 Å². The molecule has 7 nitrogen and oxygen atoms in total. The Balaban J connectivity index is 1.39. The minimum atomic E-state index is -4.78. The molecular formula is C25H16ClF4N5O2. The third-order valence-corrected chi connectivity index (χ3v) is 5.95. The highest BCUT2D eigenvalue weighted by Gasteiger charge is 2.44. The molecule has 2 aromatic heterocycles. The minimum Gasteiger partial charge on any atom is -0.433 e. The largest absolute Gasteiger partial charge is 0.433 e. The molecule has 37 heavy (non-hydrogen) atoms. The Morgan fingerprint density at radius 2 is 1.89 bits per heavy atom. The summed E-state index contributed by atoms with van der Waals surface area (Å²) < 4.78 is 63.8. The second-order valence-corrected chi connectivity index (χ2v) is 8.52. The van der Waals surface area contributed by atoms with E-state index in [0.29, 0.717) is 16.4 Å². The summed E-state index contributed by atoms with van der Waals surface area (Å²) in [5.74, 6) is -2.72. The lowest BCUT2D eigenvalue weighted by Crippen LogP contribution is -2.22. The Morgan fingerprint density at radius 1 is 1.14 bits per heavy atom. The first-order valence-corrected chi connectivity index (χ1v) is 11.2. The van der Waals surface area contributed by atoms with Crippen LogP contribution in [0.1, 0.15) is 17.3 Å². The van der Waals surface area contributed by atoms with Crippen molar-refractivity contribution in [3.63, 3.8) is 0 Å². The van der Waals surface area contributed by atoms with Gasteiger partial charge in [0.15, 0.2) is 11.6 Å². The Hall–Kier alpha value is -4.25. The molecule has 0 radical (unpaired) electrons. The molecule has 0 saturated heterocycles. The van der Waals surface area contributed by atoms with Crippen LogP contribution in [0.3, 0.4) is 0 Å². The van der Waals surface area contributed by atoms with E-state index in [1.165, 1.54) is 48.7 Å². The molecule has 0 bridgehead atoms.